The Bertz CT molecular complexity index is 543. The number of pyridine rings is 1. The Morgan fingerprint density at radius 2 is 1.94 bits per heavy atom. The topological polar surface area (TPSA) is 65.4 Å². The Kier molecular flexibility index (Phi) is 4.42. The summed E-state index contributed by atoms with van der Waals surface area (Å²) in [5.74, 6) is -0.894. The molecule has 0 N–H and O–H groups in total. The molecule has 0 radical (unpaired) electrons. The van der Waals surface area contributed by atoms with Crippen LogP contribution in [0.15, 0.2) is 10.9 Å². The van der Waals surface area contributed by atoms with E-state index in [2.05, 4.69) is 4.74 Å². The standard InChI is InChI=1S/C13H17NO4/c1-5-6-14-8(2)10(9(3)15)7-11(12(14)16)13(17)18-4/h7H,5-6H2,1-4H3. The van der Waals surface area contributed by atoms with E-state index in [0.29, 0.717) is 17.8 Å². The van der Waals surface area contributed by atoms with Crippen molar-refractivity contribution >= 4 is 11.8 Å². The summed E-state index contributed by atoms with van der Waals surface area (Å²) in [6, 6.07) is 1.32. The molecule has 5 heteroatoms. The molecule has 1 aromatic heterocycles. The SMILES string of the molecule is CCCn1c(C)c(C(C)=O)cc(C(=O)OC)c1=O. The molecule has 98 valence electrons. The van der Waals surface area contributed by atoms with Crippen LogP contribution in [0.3, 0.4) is 0 Å². The number of hydrogen-bond acceptors (Lipinski definition) is 4. The molecule has 1 rings (SSSR count). The Morgan fingerprint density at radius 1 is 1.33 bits per heavy atom. The van der Waals surface area contributed by atoms with E-state index in [-0.39, 0.29) is 11.3 Å². The Hall–Kier alpha value is -1.91. The van der Waals surface area contributed by atoms with Gasteiger partial charge in [-0.15, -0.1) is 0 Å². The van der Waals surface area contributed by atoms with E-state index in [4.69, 9.17) is 0 Å². The van der Waals surface area contributed by atoms with E-state index in [0.717, 1.165) is 6.42 Å². The first-order valence-corrected chi connectivity index (χ1v) is 5.77. The molecule has 5 nitrogen and oxygen atoms in total. The van der Waals surface area contributed by atoms with Crippen molar-refractivity contribution in [2.45, 2.75) is 33.7 Å². The lowest BCUT2D eigenvalue weighted by atomic mass is 10.1. The summed E-state index contributed by atoms with van der Waals surface area (Å²) in [5, 5.41) is 0. The van der Waals surface area contributed by atoms with Crippen LogP contribution in [-0.2, 0) is 11.3 Å². The maximum Gasteiger partial charge on any atom is 0.343 e. The van der Waals surface area contributed by atoms with Crippen molar-refractivity contribution in [2.24, 2.45) is 0 Å². The first kappa shape index (κ1) is 14.2. The highest BCUT2D eigenvalue weighted by molar-refractivity contribution is 5.98. The first-order valence-electron chi connectivity index (χ1n) is 5.77. The van der Waals surface area contributed by atoms with Gasteiger partial charge in [0.2, 0.25) is 0 Å². The van der Waals surface area contributed by atoms with Gasteiger partial charge in [0, 0.05) is 17.8 Å². The van der Waals surface area contributed by atoms with Gasteiger partial charge < -0.3 is 9.30 Å². The summed E-state index contributed by atoms with van der Waals surface area (Å²) in [5.41, 5.74) is 0.457. The number of ether oxygens (including phenoxy) is 1. The smallest absolute Gasteiger partial charge is 0.343 e. The normalized spacial score (nSPS) is 10.2. The third kappa shape index (κ3) is 2.50. The number of Topliss-reactive ketones (excluding diaryl/α,β-unsaturated/α-hetero) is 1. The number of carbonyl (C=O) groups excluding carboxylic acids is 2. The van der Waals surface area contributed by atoms with Gasteiger partial charge in [0.15, 0.2) is 5.78 Å². The summed E-state index contributed by atoms with van der Waals surface area (Å²) in [6.45, 7) is 5.50. The number of methoxy groups -OCH3 is 1. The van der Waals surface area contributed by atoms with Gasteiger partial charge in [-0.1, -0.05) is 6.92 Å². The molecule has 0 fully saturated rings. The Balaban J connectivity index is 3.60. The maximum absolute atomic E-state index is 12.1. The third-order valence-corrected chi connectivity index (χ3v) is 2.79. The second-order valence-corrected chi connectivity index (χ2v) is 4.06. The molecule has 0 aromatic carbocycles. The van der Waals surface area contributed by atoms with Crippen LogP contribution in [0.4, 0.5) is 0 Å². The van der Waals surface area contributed by atoms with Crippen molar-refractivity contribution in [1.29, 1.82) is 0 Å². The molecule has 0 saturated carbocycles. The zero-order valence-corrected chi connectivity index (χ0v) is 11.1. The van der Waals surface area contributed by atoms with Gasteiger partial charge in [0.25, 0.3) is 5.56 Å². The van der Waals surface area contributed by atoms with Crippen molar-refractivity contribution < 1.29 is 14.3 Å². The van der Waals surface area contributed by atoms with Crippen molar-refractivity contribution in [3.05, 3.63) is 33.2 Å². The van der Waals surface area contributed by atoms with Crippen LogP contribution >= 0.6 is 0 Å². The molecular formula is C13H17NO4. The third-order valence-electron chi connectivity index (χ3n) is 2.79. The van der Waals surface area contributed by atoms with Crippen LogP contribution in [0.25, 0.3) is 0 Å². The zero-order valence-electron chi connectivity index (χ0n) is 11.1. The molecule has 0 saturated heterocycles. The zero-order chi connectivity index (χ0) is 13.9. The lowest BCUT2D eigenvalue weighted by Gasteiger charge is -2.13. The number of hydrogen-bond donors (Lipinski definition) is 0. The summed E-state index contributed by atoms with van der Waals surface area (Å²) >= 11 is 0. The monoisotopic (exact) mass is 251 g/mol. The van der Waals surface area contributed by atoms with Gasteiger partial charge in [0.05, 0.1) is 7.11 Å². The number of nitrogens with zero attached hydrogens (tertiary/aromatic N) is 1. The summed E-state index contributed by atoms with van der Waals surface area (Å²) < 4.78 is 6.01. The predicted octanol–water partition coefficient (Wildman–Crippen LogP) is 1.56. The van der Waals surface area contributed by atoms with Crippen LogP contribution in [0.2, 0.25) is 0 Å². The Morgan fingerprint density at radius 3 is 2.39 bits per heavy atom. The van der Waals surface area contributed by atoms with Crippen molar-refractivity contribution in [3.63, 3.8) is 0 Å². The number of carbonyl (C=O) groups is 2. The fourth-order valence-corrected chi connectivity index (χ4v) is 1.86. The molecular weight excluding hydrogens is 234 g/mol. The van der Waals surface area contributed by atoms with E-state index in [1.807, 2.05) is 6.92 Å². The molecule has 0 spiro atoms. The largest absolute Gasteiger partial charge is 0.465 e. The van der Waals surface area contributed by atoms with E-state index >= 15 is 0 Å². The van der Waals surface area contributed by atoms with Crippen LogP contribution in [-0.4, -0.2) is 23.4 Å². The first-order chi connectivity index (χ1) is 8.43. The van der Waals surface area contributed by atoms with E-state index in [9.17, 15) is 14.4 Å². The lowest BCUT2D eigenvalue weighted by Crippen LogP contribution is -2.30. The van der Waals surface area contributed by atoms with Crippen LogP contribution < -0.4 is 5.56 Å². The predicted molar refractivity (Wildman–Crippen MR) is 67.1 cm³/mol. The molecule has 18 heavy (non-hydrogen) atoms. The van der Waals surface area contributed by atoms with Gasteiger partial charge in [-0.05, 0) is 26.3 Å². The molecule has 1 aromatic rings. The molecule has 1 heterocycles. The number of aromatic nitrogens is 1. The molecule has 0 aliphatic carbocycles. The van der Waals surface area contributed by atoms with Gasteiger partial charge >= 0.3 is 5.97 Å². The second-order valence-electron chi connectivity index (χ2n) is 4.06. The summed E-state index contributed by atoms with van der Waals surface area (Å²) in [4.78, 5) is 35.2. The number of rotatable bonds is 4. The fourth-order valence-electron chi connectivity index (χ4n) is 1.86. The van der Waals surface area contributed by atoms with Gasteiger partial charge in [0.1, 0.15) is 5.56 Å². The van der Waals surface area contributed by atoms with Gasteiger partial charge in [-0.25, -0.2) is 4.79 Å². The molecule has 0 aliphatic heterocycles. The minimum atomic E-state index is -0.715. The van der Waals surface area contributed by atoms with Crippen molar-refractivity contribution in [1.82, 2.24) is 4.57 Å². The van der Waals surface area contributed by atoms with Crippen molar-refractivity contribution in [2.75, 3.05) is 7.11 Å². The van der Waals surface area contributed by atoms with Crippen LogP contribution in [0.5, 0.6) is 0 Å². The van der Waals surface area contributed by atoms with Crippen LogP contribution in [0.1, 0.15) is 46.7 Å². The number of ketones is 1. The van der Waals surface area contributed by atoms with Crippen LogP contribution in [0, 0.1) is 6.92 Å². The maximum atomic E-state index is 12.1. The van der Waals surface area contributed by atoms with E-state index < -0.39 is 11.5 Å². The highest BCUT2D eigenvalue weighted by Gasteiger charge is 2.19. The average molecular weight is 251 g/mol. The molecule has 0 unspecified atom stereocenters. The summed E-state index contributed by atoms with van der Waals surface area (Å²) in [7, 11) is 1.21. The average Bonchev–Trinajstić information content (AvgIpc) is 2.33. The highest BCUT2D eigenvalue weighted by Crippen LogP contribution is 2.10. The number of esters is 1. The Labute approximate surface area is 105 Å². The molecule has 0 bridgehead atoms. The second kappa shape index (κ2) is 5.62. The molecule has 0 aliphatic rings. The fraction of sp³-hybridized carbons (Fsp3) is 0.462. The minimum absolute atomic E-state index is 0.0956. The lowest BCUT2D eigenvalue weighted by molar-refractivity contribution is 0.0598. The summed E-state index contributed by atoms with van der Waals surface area (Å²) in [6.07, 6.45) is 0.739. The van der Waals surface area contributed by atoms with E-state index in [1.165, 1.54) is 24.7 Å². The quantitative estimate of drug-likeness (QED) is 0.601. The van der Waals surface area contributed by atoms with E-state index in [1.54, 1.807) is 6.92 Å². The molecule has 0 amide bonds. The van der Waals surface area contributed by atoms with Gasteiger partial charge in [-0.3, -0.25) is 9.59 Å². The van der Waals surface area contributed by atoms with Gasteiger partial charge in [-0.2, -0.15) is 0 Å². The minimum Gasteiger partial charge on any atom is -0.465 e. The highest BCUT2D eigenvalue weighted by atomic mass is 16.5. The molecule has 0 atom stereocenters. The van der Waals surface area contributed by atoms with Crippen molar-refractivity contribution in [3.8, 4) is 0 Å².